The molecule has 6 heteroatoms. The number of hydrogen-bond acceptors (Lipinski definition) is 5. The maximum atomic E-state index is 10.5. The first-order chi connectivity index (χ1) is 9.30. The molecule has 0 aliphatic rings. The van der Waals surface area contributed by atoms with Crippen LogP contribution in [0.15, 0.2) is 6.20 Å². The summed E-state index contributed by atoms with van der Waals surface area (Å²) >= 11 is 0. The summed E-state index contributed by atoms with van der Waals surface area (Å²) in [7, 11) is 7.24. The van der Waals surface area contributed by atoms with Gasteiger partial charge >= 0.3 is 0 Å². The van der Waals surface area contributed by atoms with Gasteiger partial charge in [0.05, 0.1) is 25.5 Å². The highest BCUT2D eigenvalue weighted by Gasteiger charge is 2.27. The van der Waals surface area contributed by atoms with Gasteiger partial charge in [-0.05, 0) is 27.9 Å². The molecule has 6 nitrogen and oxygen atoms in total. The Morgan fingerprint density at radius 2 is 2.05 bits per heavy atom. The number of aliphatic hydroxyl groups excluding tert-OH is 1. The zero-order chi connectivity index (χ0) is 15.3. The van der Waals surface area contributed by atoms with Crippen molar-refractivity contribution in [3.8, 4) is 5.75 Å². The lowest BCUT2D eigenvalue weighted by Crippen LogP contribution is -2.27. The van der Waals surface area contributed by atoms with Crippen molar-refractivity contribution in [3.63, 3.8) is 0 Å². The maximum absolute atomic E-state index is 10.5. The molecule has 20 heavy (non-hydrogen) atoms. The zero-order valence-electron chi connectivity index (χ0n) is 13.4. The van der Waals surface area contributed by atoms with E-state index in [0.717, 1.165) is 6.54 Å². The standard InChI is InChI=1S/C14H27N3O3/c1-14(2,20-6)9-11(18)13-12(19-5)10-15-17(13)8-7-16(3)4/h10-11,18H,7-9H2,1-6H3. The second-order valence-electron chi connectivity index (χ2n) is 5.81. The van der Waals surface area contributed by atoms with Crippen molar-refractivity contribution in [2.45, 2.75) is 38.5 Å². The molecule has 1 aromatic heterocycles. The van der Waals surface area contributed by atoms with Gasteiger partial charge in [0.1, 0.15) is 11.8 Å². The fourth-order valence-electron chi connectivity index (χ4n) is 1.99. The average molecular weight is 285 g/mol. The molecule has 0 bridgehead atoms. The number of ether oxygens (including phenoxy) is 2. The van der Waals surface area contributed by atoms with Crippen molar-refractivity contribution in [1.29, 1.82) is 0 Å². The third-order valence-electron chi connectivity index (χ3n) is 3.38. The number of aromatic nitrogens is 2. The van der Waals surface area contributed by atoms with E-state index in [1.54, 1.807) is 25.1 Å². The largest absolute Gasteiger partial charge is 0.493 e. The number of likely N-dealkylation sites (N-methyl/N-ethyl adjacent to an activating group) is 1. The van der Waals surface area contributed by atoms with Crippen LogP contribution in [0.2, 0.25) is 0 Å². The van der Waals surface area contributed by atoms with E-state index in [4.69, 9.17) is 9.47 Å². The molecule has 0 radical (unpaired) electrons. The van der Waals surface area contributed by atoms with Crippen LogP contribution in [0.1, 0.15) is 32.1 Å². The van der Waals surface area contributed by atoms with E-state index in [2.05, 4.69) is 10.00 Å². The van der Waals surface area contributed by atoms with Crippen LogP contribution in [0.5, 0.6) is 5.75 Å². The van der Waals surface area contributed by atoms with E-state index in [9.17, 15) is 5.11 Å². The zero-order valence-corrected chi connectivity index (χ0v) is 13.4. The van der Waals surface area contributed by atoms with Crippen LogP contribution >= 0.6 is 0 Å². The highest BCUT2D eigenvalue weighted by atomic mass is 16.5. The quantitative estimate of drug-likeness (QED) is 0.780. The fraction of sp³-hybridized carbons (Fsp3) is 0.786. The lowest BCUT2D eigenvalue weighted by molar-refractivity contribution is -0.0225. The monoisotopic (exact) mass is 285 g/mol. The van der Waals surface area contributed by atoms with Crippen LogP contribution in [-0.4, -0.2) is 60.2 Å². The summed E-state index contributed by atoms with van der Waals surface area (Å²) < 4.78 is 12.5. The minimum Gasteiger partial charge on any atom is -0.493 e. The minimum atomic E-state index is -0.676. The SMILES string of the molecule is COc1cnn(CCN(C)C)c1C(O)CC(C)(C)OC. The number of hydrogen-bond donors (Lipinski definition) is 1. The third kappa shape index (κ3) is 4.47. The molecule has 1 aromatic rings. The molecule has 1 heterocycles. The van der Waals surface area contributed by atoms with E-state index >= 15 is 0 Å². The smallest absolute Gasteiger partial charge is 0.162 e. The average Bonchev–Trinajstić information content (AvgIpc) is 2.78. The molecule has 0 amide bonds. The molecule has 0 aromatic carbocycles. The van der Waals surface area contributed by atoms with Gasteiger partial charge in [-0.1, -0.05) is 0 Å². The van der Waals surface area contributed by atoms with Crippen LogP contribution in [-0.2, 0) is 11.3 Å². The Balaban J connectivity index is 2.92. The Kier molecular flexibility index (Phi) is 5.98. The Morgan fingerprint density at radius 1 is 1.40 bits per heavy atom. The topological polar surface area (TPSA) is 59.8 Å². The lowest BCUT2D eigenvalue weighted by atomic mass is 9.98. The maximum Gasteiger partial charge on any atom is 0.162 e. The first-order valence-corrected chi connectivity index (χ1v) is 6.78. The van der Waals surface area contributed by atoms with Gasteiger partial charge in [-0.15, -0.1) is 0 Å². The van der Waals surface area contributed by atoms with Crippen LogP contribution < -0.4 is 4.74 Å². The Bertz CT molecular complexity index is 416. The van der Waals surface area contributed by atoms with E-state index < -0.39 is 11.7 Å². The van der Waals surface area contributed by atoms with Crippen molar-refractivity contribution in [3.05, 3.63) is 11.9 Å². The molecule has 116 valence electrons. The molecule has 1 atom stereocenters. The highest BCUT2D eigenvalue weighted by molar-refractivity contribution is 5.27. The summed E-state index contributed by atoms with van der Waals surface area (Å²) in [6.45, 7) is 5.45. The van der Waals surface area contributed by atoms with Crippen molar-refractivity contribution >= 4 is 0 Å². The molecule has 1 rings (SSSR count). The van der Waals surface area contributed by atoms with E-state index in [-0.39, 0.29) is 0 Å². The first kappa shape index (κ1) is 16.9. The predicted octanol–water partition coefficient (Wildman–Crippen LogP) is 1.30. The van der Waals surface area contributed by atoms with Gasteiger partial charge < -0.3 is 19.5 Å². The van der Waals surface area contributed by atoms with Gasteiger partial charge in [0.25, 0.3) is 0 Å². The fourth-order valence-corrected chi connectivity index (χ4v) is 1.99. The van der Waals surface area contributed by atoms with Crippen LogP contribution in [0.25, 0.3) is 0 Å². The molecule has 0 saturated heterocycles. The lowest BCUT2D eigenvalue weighted by Gasteiger charge is -2.26. The number of nitrogens with zero attached hydrogens (tertiary/aromatic N) is 3. The second kappa shape index (κ2) is 7.06. The van der Waals surface area contributed by atoms with Gasteiger partial charge in [-0.2, -0.15) is 5.10 Å². The highest BCUT2D eigenvalue weighted by Crippen LogP contribution is 2.31. The van der Waals surface area contributed by atoms with Gasteiger partial charge in [0.2, 0.25) is 0 Å². The van der Waals surface area contributed by atoms with Gasteiger partial charge in [0, 0.05) is 20.1 Å². The molecular formula is C14H27N3O3. The van der Waals surface area contributed by atoms with Gasteiger partial charge in [-0.3, -0.25) is 4.68 Å². The summed E-state index contributed by atoms with van der Waals surface area (Å²) in [4.78, 5) is 2.07. The predicted molar refractivity (Wildman–Crippen MR) is 78.0 cm³/mol. The number of methoxy groups -OCH3 is 2. The molecule has 0 aliphatic heterocycles. The summed E-state index contributed by atoms with van der Waals surface area (Å²) in [5.74, 6) is 0.614. The second-order valence-corrected chi connectivity index (χ2v) is 5.81. The third-order valence-corrected chi connectivity index (χ3v) is 3.38. The molecule has 0 saturated carbocycles. The number of aliphatic hydroxyl groups is 1. The first-order valence-electron chi connectivity index (χ1n) is 6.78. The molecule has 0 fully saturated rings. The van der Waals surface area contributed by atoms with Crippen LogP contribution in [0.4, 0.5) is 0 Å². The molecule has 1 unspecified atom stereocenters. The van der Waals surface area contributed by atoms with E-state index in [1.165, 1.54) is 0 Å². The molecule has 1 N–H and O–H groups in total. The summed E-state index contributed by atoms with van der Waals surface area (Å²) in [5, 5.41) is 14.8. The normalized spacial score (nSPS) is 13.8. The van der Waals surface area contributed by atoms with Gasteiger partial charge in [0.15, 0.2) is 5.75 Å². The van der Waals surface area contributed by atoms with Crippen molar-refractivity contribution < 1.29 is 14.6 Å². The molecule has 0 aliphatic carbocycles. The summed E-state index contributed by atoms with van der Waals surface area (Å²) in [5.41, 5.74) is 0.306. The molecule has 0 spiro atoms. The Morgan fingerprint density at radius 3 is 2.55 bits per heavy atom. The van der Waals surface area contributed by atoms with Crippen molar-refractivity contribution in [1.82, 2.24) is 14.7 Å². The number of rotatable bonds is 8. The Hall–Kier alpha value is -1.11. The van der Waals surface area contributed by atoms with E-state index in [1.807, 2.05) is 27.9 Å². The van der Waals surface area contributed by atoms with Crippen molar-refractivity contribution in [2.75, 3.05) is 34.9 Å². The van der Waals surface area contributed by atoms with E-state index in [0.29, 0.717) is 24.4 Å². The van der Waals surface area contributed by atoms with Crippen LogP contribution in [0.3, 0.4) is 0 Å². The van der Waals surface area contributed by atoms with Crippen molar-refractivity contribution in [2.24, 2.45) is 0 Å². The van der Waals surface area contributed by atoms with Crippen LogP contribution in [0, 0.1) is 0 Å². The summed E-state index contributed by atoms with van der Waals surface area (Å²) in [6.07, 6.45) is 1.45. The van der Waals surface area contributed by atoms with Gasteiger partial charge in [-0.25, -0.2) is 0 Å². The summed E-state index contributed by atoms with van der Waals surface area (Å²) in [6, 6.07) is 0. The Labute approximate surface area is 121 Å². The minimum absolute atomic E-state index is 0.402. The molecular weight excluding hydrogens is 258 g/mol.